The minimum atomic E-state index is -0.116. The van der Waals surface area contributed by atoms with Crippen molar-refractivity contribution < 1.29 is 5.11 Å². The lowest BCUT2D eigenvalue weighted by Gasteiger charge is -1.94. The van der Waals surface area contributed by atoms with Crippen molar-refractivity contribution in [3.63, 3.8) is 0 Å². The fraction of sp³-hybridized carbons (Fsp3) is 0.231. The van der Waals surface area contributed by atoms with E-state index >= 15 is 0 Å². The van der Waals surface area contributed by atoms with E-state index < -0.39 is 0 Å². The molecular formula is C13H12O. The number of benzene rings is 1. The van der Waals surface area contributed by atoms with Crippen molar-refractivity contribution in [2.75, 3.05) is 6.61 Å². The zero-order chi connectivity index (χ0) is 10.2. The highest BCUT2D eigenvalue weighted by Crippen LogP contribution is 2.05. The highest BCUT2D eigenvalue weighted by atomic mass is 16.2. The Bertz CT molecular complexity index is 369. The molecule has 0 unspecified atom stereocenters. The van der Waals surface area contributed by atoms with E-state index in [0.717, 1.165) is 17.5 Å². The number of aliphatic hydroxyl groups excluding tert-OH is 1. The molecule has 1 aromatic carbocycles. The Morgan fingerprint density at radius 2 is 1.64 bits per heavy atom. The van der Waals surface area contributed by atoms with Crippen LogP contribution in [0.4, 0.5) is 0 Å². The molecule has 0 heterocycles. The second kappa shape index (κ2) is 5.86. The molecule has 0 aromatic heterocycles. The largest absolute Gasteiger partial charge is 0.384 e. The van der Waals surface area contributed by atoms with Crippen LogP contribution < -0.4 is 0 Å². The smallest absolute Gasteiger partial charge is 0.104 e. The van der Waals surface area contributed by atoms with Crippen LogP contribution in [0.2, 0.25) is 0 Å². The van der Waals surface area contributed by atoms with Gasteiger partial charge in [0.05, 0.1) is 0 Å². The maximum absolute atomic E-state index is 8.58. The summed E-state index contributed by atoms with van der Waals surface area (Å²) in [6, 6.07) is 7.69. The van der Waals surface area contributed by atoms with Gasteiger partial charge in [0.15, 0.2) is 0 Å². The maximum Gasteiger partial charge on any atom is 0.104 e. The Hall–Kier alpha value is -1.70. The Morgan fingerprint density at radius 1 is 1.07 bits per heavy atom. The fourth-order valence-electron chi connectivity index (χ4n) is 1.02. The summed E-state index contributed by atoms with van der Waals surface area (Å²) in [5.41, 5.74) is 1.80. The van der Waals surface area contributed by atoms with Gasteiger partial charge in [-0.1, -0.05) is 42.7 Å². The molecule has 0 fully saturated rings. The highest BCUT2D eigenvalue weighted by molar-refractivity contribution is 5.49. The lowest BCUT2D eigenvalue weighted by atomic mass is 10.1. The molecule has 0 bridgehead atoms. The lowest BCUT2D eigenvalue weighted by Crippen LogP contribution is -1.83. The lowest BCUT2D eigenvalue weighted by molar-refractivity contribution is 0.350. The van der Waals surface area contributed by atoms with Gasteiger partial charge in [0.1, 0.15) is 6.61 Å². The third-order valence-corrected chi connectivity index (χ3v) is 1.63. The molecule has 0 atom stereocenters. The van der Waals surface area contributed by atoms with Crippen molar-refractivity contribution in [1.29, 1.82) is 0 Å². The normalized spacial score (nSPS) is 8.14. The van der Waals surface area contributed by atoms with Crippen LogP contribution in [0.3, 0.4) is 0 Å². The van der Waals surface area contributed by atoms with E-state index in [2.05, 4.69) is 23.7 Å². The van der Waals surface area contributed by atoms with Gasteiger partial charge >= 0.3 is 0 Å². The molecule has 0 aliphatic rings. The molecule has 0 saturated heterocycles. The number of rotatable bonds is 0. The standard InChI is InChI=1S/C13H12O/c1-2-3-7-12-8-4-5-9-13(12)10-6-11-14/h4-5,8-9,14H,2,11H2,1H3. The summed E-state index contributed by atoms with van der Waals surface area (Å²) in [5, 5.41) is 8.58. The van der Waals surface area contributed by atoms with Crippen LogP contribution in [0.25, 0.3) is 0 Å². The Balaban J connectivity index is 3.03. The van der Waals surface area contributed by atoms with E-state index in [9.17, 15) is 0 Å². The minimum Gasteiger partial charge on any atom is -0.384 e. The van der Waals surface area contributed by atoms with Crippen LogP contribution in [0.15, 0.2) is 24.3 Å². The van der Waals surface area contributed by atoms with E-state index in [1.54, 1.807) is 0 Å². The van der Waals surface area contributed by atoms with E-state index in [-0.39, 0.29) is 6.61 Å². The van der Waals surface area contributed by atoms with Gasteiger partial charge in [0, 0.05) is 17.5 Å². The van der Waals surface area contributed by atoms with Crippen LogP contribution in [0.1, 0.15) is 24.5 Å². The SMILES string of the molecule is CCC#Cc1ccccc1C#CCO. The van der Waals surface area contributed by atoms with E-state index in [1.807, 2.05) is 31.2 Å². The molecule has 1 nitrogen and oxygen atoms in total. The zero-order valence-electron chi connectivity index (χ0n) is 8.17. The predicted molar refractivity (Wildman–Crippen MR) is 57.6 cm³/mol. The monoisotopic (exact) mass is 184 g/mol. The molecule has 1 rings (SSSR count). The van der Waals surface area contributed by atoms with Crippen molar-refractivity contribution >= 4 is 0 Å². The molecule has 0 aliphatic heterocycles. The molecule has 0 amide bonds. The zero-order valence-corrected chi connectivity index (χ0v) is 8.17. The summed E-state index contributed by atoms with van der Waals surface area (Å²) in [6.45, 7) is 1.89. The minimum absolute atomic E-state index is 0.116. The van der Waals surface area contributed by atoms with Crippen LogP contribution in [-0.4, -0.2) is 11.7 Å². The molecule has 1 N–H and O–H groups in total. The van der Waals surface area contributed by atoms with E-state index in [1.165, 1.54) is 0 Å². The van der Waals surface area contributed by atoms with Crippen molar-refractivity contribution in [2.45, 2.75) is 13.3 Å². The topological polar surface area (TPSA) is 20.2 Å². The maximum atomic E-state index is 8.58. The summed E-state index contributed by atoms with van der Waals surface area (Å²) in [6.07, 6.45) is 0.835. The molecule has 1 heteroatoms. The second-order valence-electron chi connectivity index (χ2n) is 2.66. The van der Waals surface area contributed by atoms with Gasteiger partial charge in [-0.2, -0.15) is 0 Å². The first-order valence-corrected chi connectivity index (χ1v) is 4.56. The van der Waals surface area contributed by atoms with Crippen LogP contribution in [0.5, 0.6) is 0 Å². The number of aliphatic hydroxyl groups is 1. The Morgan fingerprint density at radius 3 is 2.14 bits per heavy atom. The van der Waals surface area contributed by atoms with Crippen molar-refractivity contribution in [3.8, 4) is 23.7 Å². The van der Waals surface area contributed by atoms with Gasteiger partial charge in [0.25, 0.3) is 0 Å². The second-order valence-corrected chi connectivity index (χ2v) is 2.66. The third kappa shape index (κ3) is 2.98. The summed E-state index contributed by atoms with van der Waals surface area (Å²) in [4.78, 5) is 0. The van der Waals surface area contributed by atoms with Gasteiger partial charge in [-0.25, -0.2) is 0 Å². The van der Waals surface area contributed by atoms with Gasteiger partial charge in [-0.05, 0) is 12.1 Å². The fourth-order valence-corrected chi connectivity index (χ4v) is 1.02. The summed E-state index contributed by atoms with van der Waals surface area (Å²) < 4.78 is 0. The van der Waals surface area contributed by atoms with E-state index in [0.29, 0.717) is 0 Å². The van der Waals surface area contributed by atoms with E-state index in [4.69, 9.17) is 5.11 Å². The molecule has 0 saturated carbocycles. The third-order valence-electron chi connectivity index (χ3n) is 1.63. The Labute approximate surface area is 84.8 Å². The van der Waals surface area contributed by atoms with Crippen molar-refractivity contribution in [1.82, 2.24) is 0 Å². The summed E-state index contributed by atoms with van der Waals surface area (Å²) in [7, 11) is 0. The molecule has 0 spiro atoms. The molecule has 0 radical (unpaired) electrons. The van der Waals surface area contributed by atoms with Gasteiger partial charge < -0.3 is 5.11 Å². The molecule has 0 aliphatic carbocycles. The van der Waals surface area contributed by atoms with Crippen molar-refractivity contribution in [3.05, 3.63) is 35.4 Å². The average molecular weight is 184 g/mol. The molecule has 70 valence electrons. The number of hydrogen-bond donors (Lipinski definition) is 1. The first-order valence-electron chi connectivity index (χ1n) is 4.56. The Kier molecular flexibility index (Phi) is 4.35. The first-order chi connectivity index (χ1) is 6.88. The first kappa shape index (κ1) is 10.4. The van der Waals surface area contributed by atoms with Gasteiger partial charge in [0.2, 0.25) is 0 Å². The summed E-state index contributed by atoms with van der Waals surface area (Å²) >= 11 is 0. The van der Waals surface area contributed by atoms with Crippen LogP contribution in [0, 0.1) is 23.7 Å². The predicted octanol–water partition coefficient (Wildman–Crippen LogP) is 1.79. The van der Waals surface area contributed by atoms with Gasteiger partial charge in [-0.15, -0.1) is 0 Å². The molecular weight excluding hydrogens is 172 g/mol. The summed E-state index contributed by atoms with van der Waals surface area (Å²) in [5.74, 6) is 11.5. The van der Waals surface area contributed by atoms with Gasteiger partial charge in [-0.3, -0.25) is 0 Å². The van der Waals surface area contributed by atoms with Crippen LogP contribution in [-0.2, 0) is 0 Å². The quantitative estimate of drug-likeness (QED) is 0.609. The highest BCUT2D eigenvalue weighted by Gasteiger charge is 1.92. The molecule has 1 aromatic rings. The average Bonchev–Trinajstić information content (AvgIpc) is 2.24. The number of hydrogen-bond acceptors (Lipinski definition) is 1. The van der Waals surface area contributed by atoms with Crippen LogP contribution >= 0.6 is 0 Å². The van der Waals surface area contributed by atoms with Crippen molar-refractivity contribution in [2.24, 2.45) is 0 Å². The molecule has 14 heavy (non-hydrogen) atoms.